The summed E-state index contributed by atoms with van der Waals surface area (Å²) in [6, 6.07) is 8.71. The summed E-state index contributed by atoms with van der Waals surface area (Å²) in [5.41, 5.74) is 1.22. The number of nitrogens with zero attached hydrogens (tertiary/aromatic N) is 4. The molecule has 0 unspecified atom stereocenters. The molecule has 134 valence electrons. The topological polar surface area (TPSA) is 41.5 Å². The van der Waals surface area contributed by atoms with Crippen molar-refractivity contribution in [2.45, 2.75) is 6.04 Å². The molecule has 0 radical (unpaired) electrons. The fourth-order valence-electron chi connectivity index (χ4n) is 2.69. The fraction of sp³-hybridized carbons (Fsp3) is 0.412. The van der Waals surface area contributed by atoms with Gasteiger partial charge in [-0.05, 0) is 78.7 Å². The van der Waals surface area contributed by atoms with Crippen molar-refractivity contribution >= 4 is 60.1 Å². The van der Waals surface area contributed by atoms with Gasteiger partial charge in [-0.1, -0.05) is 0 Å². The highest BCUT2D eigenvalue weighted by atomic mass is 127. The van der Waals surface area contributed by atoms with Crippen LogP contribution in [0.5, 0.6) is 0 Å². The van der Waals surface area contributed by atoms with Crippen LogP contribution < -0.4 is 4.90 Å². The number of ether oxygens (including phenoxy) is 1. The molecule has 5 nitrogen and oxygen atoms in total. The van der Waals surface area contributed by atoms with Crippen molar-refractivity contribution in [1.29, 1.82) is 0 Å². The first kappa shape index (κ1) is 19.5. The molecule has 0 bridgehead atoms. The van der Waals surface area contributed by atoms with Gasteiger partial charge < -0.3 is 9.64 Å². The van der Waals surface area contributed by atoms with Gasteiger partial charge in [0.25, 0.3) is 0 Å². The Morgan fingerprint density at radius 3 is 2.00 bits per heavy atom. The van der Waals surface area contributed by atoms with E-state index in [1.807, 2.05) is 30.6 Å². The van der Waals surface area contributed by atoms with E-state index in [0.717, 1.165) is 52.2 Å². The normalized spacial score (nSPS) is 18.3. The molecule has 2 aromatic heterocycles. The largest absolute Gasteiger partial charge is 0.378 e. The van der Waals surface area contributed by atoms with Crippen LogP contribution in [-0.2, 0) is 4.74 Å². The third-order valence-corrected chi connectivity index (χ3v) is 5.80. The first-order valence-corrected chi connectivity index (χ1v) is 10.7. The maximum atomic E-state index is 5.24. The summed E-state index contributed by atoms with van der Waals surface area (Å²) in [5.74, 6) is 0. The van der Waals surface area contributed by atoms with Crippen molar-refractivity contribution < 1.29 is 4.74 Å². The van der Waals surface area contributed by atoms with Gasteiger partial charge in [0.2, 0.25) is 0 Å². The fourth-order valence-corrected chi connectivity index (χ4v) is 3.48. The molecule has 2 aromatic rings. The van der Waals surface area contributed by atoms with Gasteiger partial charge in [-0.2, -0.15) is 0 Å². The van der Waals surface area contributed by atoms with Gasteiger partial charge in [-0.15, -0.1) is 0 Å². The first-order valence-electron chi connectivity index (χ1n) is 8.07. The second-order valence-corrected chi connectivity index (χ2v) is 8.72. The molecular weight excluding hydrogens is 563 g/mol. The van der Waals surface area contributed by atoms with Gasteiger partial charge in [-0.3, -0.25) is 4.90 Å². The number of halogens is 3. The van der Waals surface area contributed by atoms with Crippen molar-refractivity contribution in [3.8, 4) is 0 Å². The molecule has 2 aliphatic rings. The Morgan fingerprint density at radius 1 is 0.920 bits per heavy atom. The molecule has 0 aliphatic carbocycles. The minimum Gasteiger partial charge on any atom is -0.378 e. The number of pyridine rings is 2. The van der Waals surface area contributed by atoms with Crippen molar-refractivity contribution in [3.63, 3.8) is 0 Å². The Bertz CT molecular complexity index is 638. The monoisotopic (exact) mass is 580 g/mol. The Balaban J connectivity index is 0.000000192. The van der Waals surface area contributed by atoms with Gasteiger partial charge >= 0.3 is 0 Å². The van der Waals surface area contributed by atoms with Crippen LogP contribution in [0.15, 0.2) is 45.9 Å². The molecule has 0 N–H and O–H groups in total. The van der Waals surface area contributed by atoms with E-state index >= 15 is 0 Å². The van der Waals surface area contributed by atoms with Crippen molar-refractivity contribution in [1.82, 2.24) is 14.9 Å². The Morgan fingerprint density at radius 2 is 1.56 bits per heavy atom. The van der Waals surface area contributed by atoms with Gasteiger partial charge in [0, 0.05) is 35.9 Å². The highest BCUT2D eigenvalue weighted by Crippen LogP contribution is 2.19. The third kappa shape index (κ3) is 5.85. The van der Waals surface area contributed by atoms with Crippen LogP contribution >= 0.6 is 54.5 Å². The molecule has 4 heterocycles. The minimum absolute atomic E-state index is 0.667. The summed E-state index contributed by atoms with van der Waals surface area (Å²) in [4.78, 5) is 13.2. The molecule has 2 fully saturated rings. The van der Waals surface area contributed by atoms with Gasteiger partial charge in [0.1, 0.15) is 9.21 Å². The zero-order chi connectivity index (χ0) is 17.6. The third-order valence-electron chi connectivity index (χ3n) is 4.22. The van der Waals surface area contributed by atoms with E-state index in [1.165, 1.54) is 5.69 Å². The zero-order valence-electron chi connectivity index (χ0n) is 13.6. The van der Waals surface area contributed by atoms with E-state index in [-0.39, 0.29) is 0 Å². The lowest BCUT2D eigenvalue weighted by Gasteiger charge is -2.43. The van der Waals surface area contributed by atoms with E-state index in [2.05, 4.69) is 80.3 Å². The zero-order valence-corrected chi connectivity index (χ0v) is 18.9. The lowest BCUT2D eigenvalue weighted by Crippen LogP contribution is -2.56. The number of anilines is 1. The van der Waals surface area contributed by atoms with Gasteiger partial charge in [0.15, 0.2) is 0 Å². The van der Waals surface area contributed by atoms with Crippen LogP contribution in [0.4, 0.5) is 5.69 Å². The van der Waals surface area contributed by atoms with Crippen LogP contribution in [0.25, 0.3) is 0 Å². The Labute approximate surface area is 178 Å². The molecule has 0 aromatic carbocycles. The summed E-state index contributed by atoms with van der Waals surface area (Å²) < 4.78 is 8.18. The molecule has 8 heteroatoms. The minimum atomic E-state index is 0.667. The second kappa shape index (κ2) is 9.59. The average Bonchev–Trinajstić information content (AvgIpc) is 2.58. The number of rotatable bonds is 2. The van der Waals surface area contributed by atoms with Crippen molar-refractivity contribution in [3.05, 3.63) is 49.4 Å². The summed E-state index contributed by atoms with van der Waals surface area (Å²) >= 11 is 8.81. The molecule has 25 heavy (non-hydrogen) atoms. The Kier molecular flexibility index (Phi) is 7.47. The maximum Gasteiger partial charge on any atom is 0.106 e. The van der Waals surface area contributed by atoms with E-state index in [0.29, 0.717) is 6.04 Å². The second-order valence-electron chi connectivity index (χ2n) is 5.85. The molecule has 0 amide bonds. The summed E-state index contributed by atoms with van der Waals surface area (Å²) in [6.45, 7) is 6.26. The summed E-state index contributed by atoms with van der Waals surface area (Å²) in [7, 11) is 0. The quantitative estimate of drug-likeness (QED) is 0.399. The van der Waals surface area contributed by atoms with Crippen LogP contribution in [-0.4, -0.2) is 60.3 Å². The Hall–Kier alpha value is -0.290. The molecule has 0 atom stereocenters. The standard InChI is InChI=1S/C12H16BrN3O.C5H3BrIN/c13-12-2-1-10(7-14-12)15-3-5-16(6-4-15)11-8-17-9-11;6-5-2-1-4(7)3-8-5/h1-2,7,11H,3-6,8-9H2;1-3H. The van der Waals surface area contributed by atoms with Crippen LogP contribution in [0.1, 0.15) is 0 Å². The predicted octanol–water partition coefficient (Wildman–Crippen LogP) is 3.81. The van der Waals surface area contributed by atoms with E-state index in [4.69, 9.17) is 4.74 Å². The van der Waals surface area contributed by atoms with Crippen LogP contribution in [0.2, 0.25) is 0 Å². The molecule has 0 saturated carbocycles. The number of hydrogen-bond donors (Lipinski definition) is 0. The smallest absolute Gasteiger partial charge is 0.106 e. The van der Waals surface area contributed by atoms with Gasteiger partial charge in [0.05, 0.1) is 31.1 Å². The van der Waals surface area contributed by atoms with Gasteiger partial charge in [-0.25, -0.2) is 9.97 Å². The lowest BCUT2D eigenvalue weighted by molar-refractivity contribution is -0.0660. The maximum absolute atomic E-state index is 5.24. The van der Waals surface area contributed by atoms with E-state index in [9.17, 15) is 0 Å². The SMILES string of the molecule is Brc1ccc(I)cn1.Brc1ccc(N2CCN(C3COC3)CC2)cn1. The summed E-state index contributed by atoms with van der Waals surface area (Å²) in [6.07, 6.45) is 3.75. The van der Waals surface area contributed by atoms with Crippen LogP contribution in [0, 0.1) is 3.57 Å². The molecule has 2 saturated heterocycles. The number of hydrogen-bond acceptors (Lipinski definition) is 5. The predicted molar refractivity (Wildman–Crippen MR) is 115 cm³/mol. The highest BCUT2D eigenvalue weighted by molar-refractivity contribution is 14.1. The number of aromatic nitrogens is 2. The first-order chi connectivity index (χ1) is 12.1. The van der Waals surface area contributed by atoms with Crippen LogP contribution in [0.3, 0.4) is 0 Å². The molecule has 0 spiro atoms. The van der Waals surface area contributed by atoms with E-state index < -0.39 is 0 Å². The summed E-state index contributed by atoms with van der Waals surface area (Å²) in [5, 5.41) is 0. The molecule has 2 aliphatic heterocycles. The van der Waals surface area contributed by atoms with Crippen molar-refractivity contribution in [2.75, 3.05) is 44.3 Å². The lowest BCUT2D eigenvalue weighted by atomic mass is 10.2. The molecular formula is C17H19Br2IN4O. The van der Waals surface area contributed by atoms with Crippen molar-refractivity contribution in [2.24, 2.45) is 0 Å². The molecule has 4 rings (SSSR count). The van der Waals surface area contributed by atoms with E-state index in [1.54, 1.807) is 0 Å². The average molecular weight is 582 g/mol. The number of piperazine rings is 1. The highest BCUT2D eigenvalue weighted by Gasteiger charge is 2.28.